The molecular weight excluding hydrogens is 421 g/mol. The number of carbonyl (C=O) groups is 3. The maximum Gasteiger partial charge on any atom is 0.261 e. The van der Waals surface area contributed by atoms with Crippen LogP contribution in [0.4, 0.5) is 10.1 Å². The molecule has 6 nitrogen and oxygen atoms in total. The Labute approximate surface area is 183 Å². The molecule has 0 saturated heterocycles. The highest BCUT2D eigenvalue weighted by Gasteiger charge is 2.53. The maximum atomic E-state index is 13.4. The van der Waals surface area contributed by atoms with Crippen LogP contribution in [-0.2, 0) is 4.79 Å². The molecule has 8 heteroatoms. The number of hydrazone groups is 1. The van der Waals surface area contributed by atoms with Crippen LogP contribution in [0.3, 0.4) is 0 Å². The van der Waals surface area contributed by atoms with Gasteiger partial charge in [0.15, 0.2) is 0 Å². The monoisotopic (exact) mass is 439 g/mol. The first-order valence-electron chi connectivity index (χ1n) is 10.2. The second kappa shape index (κ2) is 6.99. The SMILES string of the molecule is CC1=NN(c2ccc(F)cc2Cl)C(=O)C12CCC(N1C(=O)c3ccccc3C1=O)CC2. The summed E-state index contributed by atoms with van der Waals surface area (Å²) in [7, 11) is 0. The zero-order valence-electron chi connectivity index (χ0n) is 16.8. The summed E-state index contributed by atoms with van der Waals surface area (Å²) in [5.41, 5.74) is 1.07. The van der Waals surface area contributed by atoms with Crippen molar-refractivity contribution in [2.24, 2.45) is 10.5 Å². The highest BCUT2D eigenvalue weighted by atomic mass is 35.5. The van der Waals surface area contributed by atoms with Gasteiger partial charge < -0.3 is 0 Å². The lowest BCUT2D eigenvalue weighted by atomic mass is 9.69. The predicted octanol–water partition coefficient (Wildman–Crippen LogP) is 4.43. The van der Waals surface area contributed by atoms with Crippen molar-refractivity contribution in [3.63, 3.8) is 0 Å². The Morgan fingerprint density at radius 1 is 1.03 bits per heavy atom. The number of halogens is 2. The van der Waals surface area contributed by atoms with Crippen LogP contribution in [0, 0.1) is 11.2 Å². The normalized spacial score (nSPS) is 25.5. The zero-order chi connectivity index (χ0) is 21.9. The lowest BCUT2D eigenvalue weighted by Gasteiger charge is -2.38. The Morgan fingerprint density at radius 2 is 1.65 bits per heavy atom. The Morgan fingerprint density at radius 3 is 2.23 bits per heavy atom. The Bertz CT molecular complexity index is 1140. The van der Waals surface area contributed by atoms with E-state index < -0.39 is 11.2 Å². The lowest BCUT2D eigenvalue weighted by molar-refractivity contribution is -0.125. The summed E-state index contributed by atoms with van der Waals surface area (Å²) in [6.45, 7) is 1.80. The summed E-state index contributed by atoms with van der Waals surface area (Å²) >= 11 is 6.15. The molecule has 31 heavy (non-hydrogen) atoms. The van der Waals surface area contributed by atoms with Gasteiger partial charge in [-0.25, -0.2) is 4.39 Å². The number of nitrogens with zero attached hydrogens (tertiary/aromatic N) is 3. The van der Waals surface area contributed by atoms with E-state index in [1.54, 1.807) is 31.2 Å². The predicted molar refractivity (Wildman–Crippen MR) is 114 cm³/mol. The van der Waals surface area contributed by atoms with Gasteiger partial charge in [0.25, 0.3) is 17.7 Å². The minimum Gasteiger partial charge on any atom is -0.271 e. The topological polar surface area (TPSA) is 70.1 Å². The molecule has 0 unspecified atom stereocenters. The maximum absolute atomic E-state index is 13.4. The van der Waals surface area contributed by atoms with Crippen LogP contribution in [-0.4, -0.2) is 34.4 Å². The quantitative estimate of drug-likeness (QED) is 0.650. The van der Waals surface area contributed by atoms with Gasteiger partial charge >= 0.3 is 0 Å². The molecule has 1 spiro atoms. The second-order valence-electron chi connectivity index (χ2n) is 8.24. The average molecular weight is 440 g/mol. The number of benzene rings is 2. The Hall–Kier alpha value is -3.06. The van der Waals surface area contributed by atoms with Gasteiger partial charge in [0.2, 0.25) is 0 Å². The van der Waals surface area contributed by atoms with Crippen molar-refractivity contribution >= 4 is 40.7 Å². The van der Waals surface area contributed by atoms with Gasteiger partial charge in [-0.1, -0.05) is 23.7 Å². The van der Waals surface area contributed by atoms with E-state index in [0.717, 1.165) is 6.07 Å². The summed E-state index contributed by atoms with van der Waals surface area (Å²) < 4.78 is 13.4. The number of amides is 3. The molecule has 2 heterocycles. The summed E-state index contributed by atoms with van der Waals surface area (Å²) in [5.74, 6) is -1.25. The van der Waals surface area contributed by atoms with Crippen molar-refractivity contribution in [3.8, 4) is 0 Å². The third-order valence-corrected chi connectivity index (χ3v) is 6.98. The smallest absolute Gasteiger partial charge is 0.261 e. The summed E-state index contributed by atoms with van der Waals surface area (Å²) in [6, 6.07) is 10.4. The van der Waals surface area contributed by atoms with Crippen molar-refractivity contribution in [2.75, 3.05) is 5.01 Å². The molecular formula is C23H19ClFN3O3. The van der Waals surface area contributed by atoms with Crippen molar-refractivity contribution in [1.82, 2.24) is 4.90 Å². The van der Waals surface area contributed by atoms with Crippen LogP contribution < -0.4 is 5.01 Å². The number of hydrogen-bond acceptors (Lipinski definition) is 4. The molecule has 0 radical (unpaired) electrons. The van der Waals surface area contributed by atoms with Crippen LogP contribution in [0.15, 0.2) is 47.6 Å². The molecule has 3 amide bonds. The highest BCUT2D eigenvalue weighted by Crippen LogP contribution is 2.46. The third kappa shape index (κ3) is 2.83. The van der Waals surface area contributed by atoms with Gasteiger partial charge in [-0.3, -0.25) is 19.3 Å². The number of anilines is 1. The number of imide groups is 1. The van der Waals surface area contributed by atoms with E-state index in [9.17, 15) is 18.8 Å². The summed E-state index contributed by atoms with van der Waals surface area (Å²) in [4.78, 5) is 40.3. The van der Waals surface area contributed by atoms with E-state index in [-0.39, 0.29) is 28.8 Å². The summed E-state index contributed by atoms with van der Waals surface area (Å²) in [6.07, 6.45) is 1.95. The van der Waals surface area contributed by atoms with Crippen LogP contribution in [0.5, 0.6) is 0 Å². The second-order valence-corrected chi connectivity index (χ2v) is 8.64. The minimum atomic E-state index is -0.799. The molecule has 0 atom stereocenters. The lowest BCUT2D eigenvalue weighted by Crippen LogP contribution is -2.48. The fourth-order valence-electron chi connectivity index (χ4n) is 4.93. The fraction of sp³-hybridized carbons (Fsp3) is 0.304. The molecule has 158 valence electrons. The van der Waals surface area contributed by atoms with Gasteiger partial charge in [-0.2, -0.15) is 10.1 Å². The first-order valence-corrected chi connectivity index (χ1v) is 10.5. The number of rotatable bonds is 2. The standard InChI is InChI=1S/C23H19ClFN3O3/c1-13-23(22(31)28(26-13)19-7-6-14(25)12-18(19)24)10-8-15(9-11-23)27-20(29)16-4-2-3-5-17(16)21(27)30/h2-7,12,15H,8-11H2,1H3. The first kappa shape index (κ1) is 19.9. The average Bonchev–Trinajstić information content (AvgIpc) is 3.15. The molecule has 0 bridgehead atoms. The van der Waals surface area contributed by atoms with E-state index in [0.29, 0.717) is 48.2 Å². The van der Waals surface area contributed by atoms with Crippen LogP contribution in [0.25, 0.3) is 0 Å². The number of hydrogen-bond donors (Lipinski definition) is 0. The first-order chi connectivity index (χ1) is 14.8. The summed E-state index contributed by atoms with van der Waals surface area (Å²) in [5, 5.41) is 5.80. The van der Waals surface area contributed by atoms with Crippen LogP contribution in [0.2, 0.25) is 5.02 Å². The van der Waals surface area contributed by atoms with Crippen LogP contribution >= 0.6 is 11.6 Å². The molecule has 1 saturated carbocycles. The zero-order valence-corrected chi connectivity index (χ0v) is 17.5. The Kier molecular flexibility index (Phi) is 4.48. The molecule has 3 aliphatic rings. The molecule has 2 aliphatic heterocycles. The largest absolute Gasteiger partial charge is 0.271 e. The minimum absolute atomic E-state index is 0.113. The van der Waals surface area contributed by atoms with Gasteiger partial charge in [0, 0.05) is 6.04 Å². The van der Waals surface area contributed by atoms with Gasteiger partial charge in [-0.15, -0.1) is 0 Å². The third-order valence-electron chi connectivity index (χ3n) is 6.68. The molecule has 2 aromatic rings. The van der Waals surface area contributed by atoms with E-state index >= 15 is 0 Å². The van der Waals surface area contributed by atoms with Gasteiger partial charge in [0.05, 0.1) is 33.0 Å². The van der Waals surface area contributed by atoms with Crippen molar-refractivity contribution < 1.29 is 18.8 Å². The molecule has 1 aliphatic carbocycles. The van der Waals surface area contributed by atoms with Crippen molar-refractivity contribution in [3.05, 3.63) is 64.4 Å². The van der Waals surface area contributed by atoms with E-state index in [1.165, 1.54) is 22.0 Å². The van der Waals surface area contributed by atoms with Crippen LogP contribution in [0.1, 0.15) is 53.3 Å². The van der Waals surface area contributed by atoms with Gasteiger partial charge in [-0.05, 0) is 62.9 Å². The van der Waals surface area contributed by atoms with Crippen molar-refractivity contribution in [1.29, 1.82) is 0 Å². The molecule has 0 aromatic heterocycles. The molecule has 1 fully saturated rings. The van der Waals surface area contributed by atoms with Gasteiger partial charge in [0.1, 0.15) is 5.82 Å². The highest BCUT2D eigenvalue weighted by molar-refractivity contribution is 6.34. The molecule has 0 N–H and O–H groups in total. The number of carbonyl (C=O) groups excluding carboxylic acids is 3. The Balaban J connectivity index is 1.37. The molecule has 2 aromatic carbocycles. The molecule has 5 rings (SSSR count). The van der Waals surface area contributed by atoms with E-state index in [2.05, 4.69) is 5.10 Å². The van der Waals surface area contributed by atoms with E-state index in [1.807, 2.05) is 0 Å². The number of fused-ring (bicyclic) bond motifs is 1. The fourth-order valence-corrected chi connectivity index (χ4v) is 5.18. The van der Waals surface area contributed by atoms with Crippen molar-refractivity contribution in [2.45, 2.75) is 38.6 Å². The van der Waals surface area contributed by atoms with E-state index in [4.69, 9.17) is 11.6 Å².